The van der Waals surface area contributed by atoms with E-state index in [1.807, 2.05) is 0 Å². The Labute approximate surface area is 158 Å². The monoisotopic (exact) mass is 394 g/mol. The standard InChI is InChI=1S/C17H16ClFN4O4/c1-25-17(24)6-2-3-11(8-17)26-9-14-15(23-27-22-14)16(20)21-10-4-5-13(19)12(18)7-10/h2-7,24H,8-9H2,1H3,(H2,20,21). The lowest BCUT2D eigenvalue weighted by atomic mass is 10.1. The minimum absolute atomic E-state index is 0.00319. The van der Waals surface area contributed by atoms with Crippen LogP contribution in [0.25, 0.3) is 0 Å². The number of nitrogens with zero attached hydrogens (tertiary/aromatic N) is 3. The number of hydrogen-bond donors (Lipinski definition) is 2. The Hall–Kier alpha value is -2.75. The summed E-state index contributed by atoms with van der Waals surface area (Å²) in [5, 5.41) is 17.5. The summed E-state index contributed by atoms with van der Waals surface area (Å²) in [7, 11) is 1.39. The molecule has 1 unspecified atom stereocenters. The van der Waals surface area contributed by atoms with E-state index in [-0.39, 0.29) is 29.6 Å². The molecule has 3 rings (SSSR count). The highest BCUT2D eigenvalue weighted by molar-refractivity contribution is 6.31. The number of rotatable bonds is 6. The molecule has 0 saturated carbocycles. The van der Waals surface area contributed by atoms with Crippen molar-refractivity contribution in [2.75, 3.05) is 7.11 Å². The minimum Gasteiger partial charge on any atom is -0.491 e. The van der Waals surface area contributed by atoms with E-state index in [2.05, 4.69) is 15.3 Å². The van der Waals surface area contributed by atoms with Gasteiger partial charge >= 0.3 is 0 Å². The van der Waals surface area contributed by atoms with Crippen LogP contribution in [0.4, 0.5) is 10.1 Å². The molecule has 1 aliphatic rings. The second-order valence-corrected chi connectivity index (χ2v) is 6.07. The van der Waals surface area contributed by atoms with Gasteiger partial charge in [0.15, 0.2) is 23.0 Å². The van der Waals surface area contributed by atoms with Crippen molar-refractivity contribution < 1.29 is 23.6 Å². The van der Waals surface area contributed by atoms with Crippen LogP contribution in [0, 0.1) is 5.82 Å². The van der Waals surface area contributed by atoms with Crippen molar-refractivity contribution in [2.45, 2.75) is 18.8 Å². The number of hydrogen-bond acceptors (Lipinski definition) is 7. The SMILES string of the molecule is COC1(O)C=CC=C(OCc2nonc2C(N)=Nc2ccc(F)c(Cl)c2)C1. The van der Waals surface area contributed by atoms with Gasteiger partial charge in [0.2, 0.25) is 0 Å². The van der Waals surface area contributed by atoms with Gasteiger partial charge in [-0.1, -0.05) is 22.8 Å². The summed E-state index contributed by atoms with van der Waals surface area (Å²) in [5.41, 5.74) is 6.78. The molecule has 1 aliphatic carbocycles. The molecule has 0 aliphatic heterocycles. The summed E-state index contributed by atoms with van der Waals surface area (Å²) in [6.07, 6.45) is 4.97. The highest BCUT2D eigenvalue weighted by atomic mass is 35.5. The number of halogens is 2. The molecular formula is C17H16ClFN4O4. The molecule has 10 heteroatoms. The molecule has 27 heavy (non-hydrogen) atoms. The Morgan fingerprint density at radius 2 is 2.30 bits per heavy atom. The van der Waals surface area contributed by atoms with Gasteiger partial charge < -0.3 is 20.3 Å². The maximum Gasteiger partial charge on any atom is 0.192 e. The first-order chi connectivity index (χ1) is 12.9. The normalized spacial score (nSPS) is 19.9. The highest BCUT2D eigenvalue weighted by Gasteiger charge is 2.28. The maximum atomic E-state index is 13.2. The van der Waals surface area contributed by atoms with Gasteiger partial charge in [-0.15, -0.1) is 0 Å². The van der Waals surface area contributed by atoms with Crippen LogP contribution in [0.1, 0.15) is 17.8 Å². The van der Waals surface area contributed by atoms with Crippen molar-refractivity contribution in [3.63, 3.8) is 0 Å². The molecule has 0 radical (unpaired) electrons. The molecular weight excluding hydrogens is 379 g/mol. The fourth-order valence-corrected chi connectivity index (χ4v) is 2.49. The molecule has 0 amide bonds. The second-order valence-electron chi connectivity index (χ2n) is 5.66. The van der Waals surface area contributed by atoms with Crippen LogP contribution < -0.4 is 5.73 Å². The number of benzene rings is 1. The third-order valence-corrected chi connectivity index (χ3v) is 4.06. The lowest BCUT2D eigenvalue weighted by Crippen LogP contribution is -2.30. The van der Waals surface area contributed by atoms with Gasteiger partial charge in [0.05, 0.1) is 17.1 Å². The molecule has 3 N–H and O–H groups in total. The zero-order valence-electron chi connectivity index (χ0n) is 14.2. The first-order valence-electron chi connectivity index (χ1n) is 7.80. The zero-order valence-corrected chi connectivity index (χ0v) is 15.0. The number of aromatic nitrogens is 2. The molecule has 1 aromatic heterocycles. The van der Waals surface area contributed by atoms with Gasteiger partial charge in [-0.25, -0.2) is 14.0 Å². The largest absolute Gasteiger partial charge is 0.491 e. The molecule has 0 bridgehead atoms. The number of aliphatic imine (C=N–C) groups is 1. The van der Waals surface area contributed by atoms with Gasteiger partial charge in [0.25, 0.3) is 0 Å². The van der Waals surface area contributed by atoms with E-state index in [9.17, 15) is 9.50 Å². The number of ether oxygens (including phenoxy) is 2. The van der Waals surface area contributed by atoms with E-state index in [1.54, 1.807) is 12.2 Å². The summed E-state index contributed by atoms with van der Waals surface area (Å²) in [4.78, 5) is 4.13. The average Bonchev–Trinajstić information content (AvgIpc) is 3.12. The third kappa shape index (κ3) is 4.51. The van der Waals surface area contributed by atoms with Crippen LogP contribution in [0.5, 0.6) is 0 Å². The molecule has 1 aromatic carbocycles. The number of amidine groups is 1. The topological polar surface area (TPSA) is 116 Å². The third-order valence-electron chi connectivity index (χ3n) is 3.77. The smallest absolute Gasteiger partial charge is 0.192 e. The highest BCUT2D eigenvalue weighted by Crippen LogP contribution is 2.25. The Balaban J connectivity index is 1.72. The maximum absolute atomic E-state index is 13.2. The fourth-order valence-electron chi connectivity index (χ4n) is 2.32. The first-order valence-corrected chi connectivity index (χ1v) is 8.18. The Morgan fingerprint density at radius 1 is 1.48 bits per heavy atom. The van der Waals surface area contributed by atoms with Gasteiger partial charge in [-0.05, 0) is 35.5 Å². The number of nitrogens with two attached hydrogens (primary N) is 1. The predicted octanol–water partition coefficient (Wildman–Crippen LogP) is 2.59. The van der Waals surface area contributed by atoms with Crippen LogP contribution in [0.2, 0.25) is 5.02 Å². The van der Waals surface area contributed by atoms with Crippen LogP contribution in [-0.2, 0) is 16.1 Å². The summed E-state index contributed by atoms with van der Waals surface area (Å²) in [6.45, 7) is -0.0152. The van der Waals surface area contributed by atoms with Gasteiger partial charge in [0, 0.05) is 7.11 Å². The quantitative estimate of drug-likeness (QED) is 0.439. The van der Waals surface area contributed by atoms with E-state index in [4.69, 9.17) is 31.4 Å². The Kier molecular flexibility index (Phi) is 5.54. The van der Waals surface area contributed by atoms with E-state index in [0.29, 0.717) is 17.1 Å². The second kappa shape index (κ2) is 7.87. The van der Waals surface area contributed by atoms with Crippen molar-refractivity contribution in [1.29, 1.82) is 0 Å². The average molecular weight is 395 g/mol. The molecule has 2 aromatic rings. The predicted molar refractivity (Wildman–Crippen MR) is 94.7 cm³/mol. The Morgan fingerprint density at radius 3 is 3.04 bits per heavy atom. The zero-order chi connectivity index (χ0) is 19.4. The van der Waals surface area contributed by atoms with E-state index < -0.39 is 11.6 Å². The van der Waals surface area contributed by atoms with Crippen LogP contribution in [-0.4, -0.2) is 34.2 Å². The first kappa shape index (κ1) is 19.0. The summed E-state index contributed by atoms with van der Waals surface area (Å²) >= 11 is 5.73. The van der Waals surface area contributed by atoms with Crippen LogP contribution in [0.3, 0.4) is 0 Å². The number of allylic oxidation sites excluding steroid dienone is 2. The van der Waals surface area contributed by atoms with Gasteiger partial charge in [-0.3, -0.25) is 0 Å². The molecule has 0 spiro atoms. The summed E-state index contributed by atoms with van der Waals surface area (Å²) < 4.78 is 28.6. The van der Waals surface area contributed by atoms with Crippen LogP contribution >= 0.6 is 11.6 Å². The molecule has 1 atom stereocenters. The molecule has 0 saturated heterocycles. The molecule has 1 heterocycles. The molecule has 0 fully saturated rings. The number of aliphatic hydroxyl groups is 1. The van der Waals surface area contributed by atoms with Crippen molar-refractivity contribution in [2.24, 2.45) is 10.7 Å². The Bertz CT molecular complexity index is 927. The van der Waals surface area contributed by atoms with Gasteiger partial charge in [0.1, 0.15) is 18.2 Å². The molecule has 8 nitrogen and oxygen atoms in total. The van der Waals surface area contributed by atoms with Crippen molar-refractivity contribution in [3.8, 4) is 0 Å². The lowest BCUT2D eigenvalue weighted by Gasteiger charge is -2.26. The summed E-state index contributed by atoms with van der Waals surface area (Å²) in [5.74, 6) is -1.49. The van der Waals surface area contributed by atoms with Crippen LogP contribution in [0.15, 0.2) is 51.8 Å². The van der Waals surface area contributed by atoms with Crippen molar-refractivity contribution in [1.82, 2.24) is 10.3 Å². The van der Waals surface area contributed by atoms with E-state index in [1.165, 1.54) is 31.4 Å². The van der Waals surface area contributed by atoms with Crippen molar-refractivity contribution >= 4 is 23.1 Å². The lowest BCUT2D eigenvalue weighted by molar-refractivity contribution is -0.151. The van der Waals surface area contributed by atoms with Crippen molar-refractivity contribution in [3.05, 3.63) is 64.4 Å². The van der Waals surface area contributed by atoms with E-state index in [0.717, 1.165) is 0 Å². The minimum atomic E-state index is -1.42. The summed E-state index contributed by atoms with van der Waals surface area (Å²) in [6, 6.07) is 3.93. The van der Waals surface area contributed by atoms with E-state index >= 15 is 0 Å². The number of methoxy groups -OCH3 is 1. The molecule has 142 valence electrons. The van der Waals surface area contributed by atoms with Gasteiger partial charge in [-0.2, -0.15) is 0 Å². The fraction of sp³-hybridized carbons (Fsp3) is 0.235.